The van der Waals surface area contributed by atoms with Gasteiger partial charge < -0.3 is 5.32 Å². The summed E-state index contributed by atoms with van der Waals surface area (Å²) in [4.78, 5) is 14.1. The quantitative estimate of drug-likeness (QED) is 0.924. The van der Waals surface area contributed by atoms with Gasteiger partial charge in [-0.15, -0.1) is 11.3 Å². The average molecular weight is 315 g/mol. The lowest BCUT2D eigenvalue weighted by Gasteiger charge is -2.22. The molecule has 2 aromatic rings. The third kappa shape index (κ3) is 2.28. The number of aromatic nitrogens is 2. The fraction of sp³-hybridized carbons (Fsp3) is 0.529. The largest absolute Gasteiger partial charge is 0.348 e. The van der Waals surface area contributed by atoms with Gasteiger partial charge in [0, 0.05) is 29.1 Å². The number of nitrogens with one attached hydrogen (secondary N) is 1. The van der Waals surface area contributed by atoms with Gasteiger partial charge in [0.1, 0.15) is 0 Å². The van der Waals surface area contributed by atoms with Crippen molar-refractivity contribution >= 4 is 17.2 Å². The number of carbonyl (C=O) groups is 1. The van der Waals surface area contributed by atoms with Crippen LogP contribution >= 0.6 is 11.3 Å². The van der Waals surface area contributed by atoms with Crippen LogP contribution in [-0.4, -0.2) is 21.7 Å². The Bertz CT molecular complexity index is 710. The van der Waals surface area contributed by atoms with E-state index in [1.165, 1.54) is 29.7 Å². The van der Waals surface area contributed by atoms with Gasteiger partial charge in [-0.25, -0.2) is 0 Å². The first-order valence-electron chi connectivity index (χ1n) is 8.17. The van der Waals surface area contributed by atoms with E-state index in [9.17, 15) is 4.79 Å². The molecule has 0 unspecified atom stereocenters. The van der Waals surface area contributed by atoms with Gasteiger partial charge in [-0.05, 0) is 37.1 Å². The van der Waals surface area contributed by atoms with Gasteiger partial charge >= 0.3 is 0 Å². The van der Waals surface area contributed by atoms with E-state index in [2.05, 4.69) is 21.9 Å². The number of thiophene rings is 1. The summed E-state index contributed by atoms with van der Waals surface area (Å²) in [7, 11) is 1.95. The lowest BCUT2D eigenvalue weighted by atomic mass is 9.93. The number of aryl methyl sites for hydroxylation is 2. The molecule has 5 heteroatoms. The second-order valence-corrected chi connectivity index (χ2v) is 7.37. The van der Waals surface area contributed by atoms with Crippen LogP contribution in [0.25, 0.3) is 11.3 Å². The van der Waals surface area contributed by atoms with Crippen molar-refractivity contribution in [3.05, 3.63) is 27.6 Å². The minimum Gasteiger partial charge on any atom is -0.348 e. The topological polar surface area (TPSA) is 46.9 Å². The van der Waals surface area contributed by atoms with Crippen molar-refractivity contribution in [1.29, 1.82) is 0 Å². The fourth-order valence-corrected chi connectivity index (χ4v) is 4.69. The van der Waals surface area contributed by atoms with Gasteiger partial charge in [0.25, 0.3) is 5.91 Å². The van der Waals surface area contributed by atoms with Gasteiger partial charge in [-0.1, -0.05) is 19.3 Å². The summed E-state index contributed by atoms with van der Waals surface area (Å²) in [6.45, 7) is 0. The van der Waals surface area contributed by atoms with Crippen LogP contribution in [0.4, 0.5) is 0 Å². The van der Waals surface area contributed by atoms with E-state index in [1.807, 2.05) is 11.7 Å². The number of hydrogen-bond acceptors (Lipinski definition) is 3. The van der Waals surface area contributed by atoms with Gasteiger partial charge in [0.2, 0.25) is 0 Å². The molecule has 1 N–H and O–H groups in total. The van der Waals surface area contributed by atoms with Crippen LogP contribution in [-0.2, 0) is 19.9 Å². The summed E-state index contributed by atoms with van der Waals surface area (Å²) in [5.41, 5.74) is 4.16. The molecule has 1 fully saturated rings. The molecular formula is C17H21N3OS. The van der Waals surface area contributed by atoms with E-state index in [4.69, 9.17) is 0 Å². The van der Waals surface area contributed by atoms with Crippen LogP contribution in [0.5, 0.6) is 0 Å². The van der Waals surface area contributed by atoms with Crippen molar-refractivity contribution in [2.24, 2.45) is 7.05 Å². The highest BCUT2D eigenvalue weighted by Crippen LogP contribution is 2.37. The molecule has 2 aliphatic carbocycles. The van der Waals surface area contributed by atoms with Crippen LogP contribution in [0.15, 0.2) is 11.4 Å². The molecule has 1 amide bonds. The molecule has 2 aliphatic rings. The van der Waals surface area contributed by atoms with Crippen molar-refractivity contribution in [1.82, 2.24) is 15.1 Å². The minimum absolute atomic E-state index is 0.0161. The zero-order chi connectivity index (χ0) is 15.1. The molecule has 0 atom stereocenters. The first-order valence-corrected chi connectivity index (χ1v) is 9.05. The molecule has 0 aromatic carbocycles. The number of rotatable bonds is 2. The standard InChI is InChI=1S/C17H21N3OS/c1-20-16-12-9-10-22-14(12)8-7-13(16)15(19-20)17(21)18-11-5-3-2-4-6-11/h9-11H,2-8H2,1H3,(H,18,21). The Morgan fingerprint density at radius 3 is 2.95 bits per heavy atom. The SMILES string of the molecule is Cn1nc(C(=O)NC2CCCCC2)c2c1-c1ccsc1CC2. The lowest BCUT2D eigenvalue weighted by Crippen LogP contribution is -2.36. The number of amides is 1. The third-order valence-electron chi connectivity index (χ3n) is 4.90. The van der Waals surface area contributed by atoms with Crippen molar-refractivity contribution in [2.45, 2.75) is 51.0 Å². The molecule has 0 aliphatic heterocycles. The highest BCUT2D eigenvalue weighted by Gasteiger charge is 2.28. The Morgan fingerprint density at radius 1 is 1.32 bits per heavy atom. The van der Waals surface area contributed by atoms with Crippen LogP contribution in [0, 0.1) is 0 Å². The molecule has 4 rings (SSSR count). The lowest BCUT2D eigenvalue weighted by molar-refractivity contribution is 0.0921. The second kappa shape index (κ2) is 5.54. The number of fused-ring (bicyclic) bond motifs is 3. The Balaban J connectivity index is 1.64. The summed E-state index contributed by atoms with van der Waals surface area (Å²) < 4.78 is 1.88. The van der Waals surface area contributed by atoms with Crippen LogP contribution in [0.1, 0.15) is 53.0 Å². The van der Waals surface area contributed by atoms with E-state index in [-0.39, 0.29) is 5.91 Å². The van der Waals surface area contributed by atoms with Crippen molar-refractivity contribution in [3.8, 4) is 11.3 Å². The predicted molar refractivity (Wildman–Crippen MR) is 88.3 cm³/mol. The minimum atomic E-state index is 0.0161. The summed E-state index contributed by atoms with van der Waals surface area (Å²) in [6, 6.07) is 2.49. The van der Waals surface area contributed by atoms with E-state index in [0.717, 1.165) is 36.9 Å². The van der Waals surface area contributed by atoms with E-state index >= 15 is 0 Å². The number of nitrogens with zero attached hydrogens (tertiary/aromatic N) is 2. The molecule has 0 radical (unpaired) electrons. The van der Waals surface area contributed by atoms with Crippen molar-refractivity contribution in [2.75, 3.05) is 0 Å². The second-order valence-electron chi connectivity index (χ2n) is 6.37. The van der Waals surface area contributed by atoms with Crippen LogP contribution in [0.2, 0.25) is 0 Å². The summed E-state index contributed by atoms with van der Waals surface area (Å²) in [5, 5.41) is 9.88. The molecule has 2 aromatic heterocycles. The normalized spacial score (nSPS) is 17.9. The fourth-order valence-electron chi connectivity index (χ4n) is 3.81. The molecule has 22 heavy (non-hydrogen) atoms. The van der Waals surface area contributed by atoms with Gasteiger partial charge in [0.05, 0.1) is 5.69 Å². The van der Waals surface area contributed by atoms with Crippen LogP contribution < -0.4 is 5.32 Å². The summed E-state index contributed by atoms with van der Waals surface area (Å²) in [5.74, 6) is 0.0161. The molecule has 1 saturated carbocycles. The molecule has 116 valence electrons. The highest BCUT2D eigenvalue weighted by atomic mass is 32.1. The molecule has 2 heterocycles. The van der Waals surface area contributed by atoms with Crippen LogP contribution in [0.3, 0.4) is 0 Å². The monoisotopic (exact) mass is 315 g/mol. The van der Waals surface area contributed by atoms with Gasteiger partial charge in [-0.2, -0.15) is 5.10 Å². The zero-order valence-electron chi connectivity index (χ0n) is 12.9. The molecule has 0 spiro atoms. The molecule has 0 saturated heterocycles. The van der Waals surface area contributed by atoms with E-state index < -0.39 is 0 Å². The average Bonchev–Trinajstić information content (AvgIpc) is 3.12. The Hall–Kier alpha value is -1.62. The van der Waals surface area contributed by atoms with Crippen molar-refractivity contribution < 1.29 is 4.79 Å². The molecule has 0 bridgehead atoms. The maximum Gasteiger partial charge on any atom is 0.272 e. The van der Waals surface area contributed by atoms with E-state index in [0.29, 0.717) is 11.7 Å². The van der Waals surface area contributed by atoms with Crippen molar-refractivity contribution in [3.63, 3.8) is 0 Å². The highest BCUT2D eigenvalue weighted by molar-refractivity contribution is 7.10. The Labute approximate surface area is 134 Å². The maximum absolute atomic E-state index is 12.7. The van der Waals surface area contributed by atoms with Gasteiger partial charge in [-0.3, -0.25) is 9.48 Å². The number of hydrogen-bond donors (Lipinski definition) is 1. The summed E-state index contributed by atoms with van der Waals surface area (Å²) >= 11 is 1.80. The first-order chi connectivity index (χ1) is 10.7. The maximum atomic E-state index is 12.7. The Kier molecular flexibility index (Phi) is 3.53. The summed E-state index contributed by atoms with van der Waals surface area (Å²) in [6.07, 6.45) is 7.91. The smallest absolute Gasteiger partial charge is 0.272 e. The Morgan fingerprint density at radius 2 is 2.14 bits per heavy atom. The van der Waals surface area contributed by atoms with E-state index in [1.54, 1.807) is 11.3 Å². The molecule has 4 nitrogen and oxygen atoms in total. The number of carbonyl (C=O) groups excluding carboxylic acids is 1. The van der Waals surface area contributed by atoms with Gasteiger partial charge in [0.15, 0.2) is 5.69 Å². The zero-order valence-corrected chi connectivity index (χ0v) is 13.7. The first kappa shape index (κ1) is 14.0. The molecular weight excluding hydrogens is 294 g/mol. The predicted octanol–water partition coefficient (Wildman–Crippen LogP) is 3.31. The third-order valence-corrected chi connectivity index (χ3v) is 5.88.